The summed E-state index contributed by atoms with van der Waals surface area (Å²) in [5.41, 5.74) is 6.60. The molecule has 0 saturated carbocycles. The molecule has 0 fully saturated rings. The number of furan rings is 1. The largest absolute Gasteiger partial charge is 0.454 e. The Morgan fingerprint density at radius 2 is 1.15 bits per heavy atom. The van der Waals surface area contributed by atoms with Crippen LogP contribution in [0.2, 0.25) is 0 Å². The van der Waals surface area contributed by atoms with Crippen molar-refractivity contribution < 1.29 is 4.42 Å². The van der Waals surface area contributed by atoms with Gasteiger partial charge < -0.3 is 4.42 Å². The summed E-state index contributed by atoms with van der Waals surface area (Å²) in [4.78, 5) is 24.1. The first-order valence-corrected chi connectivity index (χ1v) is 13.3. The van der Waals surface area contributed by atoms with Gasteiger partial charge in [-0.25, -0.2) is 19.9 Å². The van der Waals surface area contributed by atoms with Gasteiger partial charge in [0.2, 0.25) is 0 Å². The van der Waals surface area contributed by atoms with Crippen LogP contribution in [0.25, 0.3) is 78.4 Å². The highest BCUT2D eigenvalue weighted by Crippen LogP contribution is 2.36. The predicted molar refractivity (Wildman–Crippen MR) is 162 cm³/mol. The Morgan fingerprint density at radius 1 is 0.488 bits per heavy atom. The van der Waals surface area contributed by atoms with Gasteiger partial charge >= 0.3 is 0 Å². The second kappa shape index (κ2) is 9.47. The molecule has 6 nitrogen and oxygen atoms in total. The molecule has 8 rings (SSSR count). The Morgan fingerprint density at radius 3 is 1.88 bits per heavy atom. The van der Waals surface area contributed by atoms with Crippen LogP contribution in [0, 0.1) is 0 Å². The maximum absolute atomic E-state index is 6.37. The van der Waals surface area contributed by atoms with Crippen molar-refractivity contribution in [3.63, 3.8) is 0 Å². The molecule has 4 aromatic carbocycles. The summed E-state index contributed by atoms with van der Waals surface area (Å²) >= 11 is 0. The molecule has 6 heteroatoms. The van der Waals surface area contributed by atoms with Gasteiger partial charge in [0.05, 0.1) is 11.2 Å². The summed E-state index contributed by atoms with van der Waals surface area (Å²) in [6.45, 7) is 0. The normalized spacial score (nSPS) is 11.4. The molecule has 4 heterocycles. The van der Waals surface area contributed by atoms with Crippen LogP contribution in [0.5, 0.6) is 0 Å². The van der Waals surface area contributed by atoms with Gasteiger partial charge in [0.25, 0.3) is 0 Å². The summed E-state index contributed by atoms with van der Waals surface area (Å²) in [6, 6.07) is 40.1. The lowest BCUT2D eigenvalue weighted by molar-refractivity contribution is 0.668. The first-order valence-electron chi connectivity index (χ1n) is 13.3. The Balaban J connectivity index is 1.29. The second-order valence-electron chi connectivity index (χ2n) is 9.78. The van der Waals surface area contributed by atoms with E-state index in [0.717, 1.165) is 49.6 Å². The van der Waals surface area contributed by atoms with Gasteiger partial charge in [-0.2, -0.15) is 0 Å². The molecule has 8 aromatic rings. The second-order valence-corrected chi connectivity index (χ2v) is 9.78. The molecular formula is C35H21N5O. The van der Waals surface area contributed by atoms with Crippen LogP contribution in [-0.4, -0.2) is 24.9 Å². The van der Waals surface area contributed by atoms with Gasteiger partial charge in [-0.05, 0) is 36.4 Å². The lowest BCUT2D eigenvalue weighted by atomic mass is 10.1. The smallest absolute Gasteiger partial charge is 0.164 e. The number of hydrogen-bond donors (Lipinski definition) is 0. The molecule has 0 aliphatic carbocycles. The number of pyridine rings is 2. The van der Waals surface area contributed by atoms with E-state index < -0.39 is 0 Å². The van der Waals surface area contributed by atoms with E-state index in [0.29, 0.717) is 28.8 Å². The molecule has 0 bridgehead atoms. The number of para-hydroxylation sites is 1. The van der Waals surface area contributed by atoms with Crippen LogP contribution in [0.1, 0.15) is 0 Å². The van der Waals surface area contributed by atoms with Gasteiger partial charge in [-0.1, -0.05) is 84.9 Å². The van der Waals surface area contributed by atoms with Crippen molar-refractivity contribution in [2.45, 2.75) is 0 Å². The molecule has 192 valence electrons. The highest BCUT2D eigenvalue weighted by atomic mass is 16.3. The molecule has 4 aromatic heterocycles. The minimum absolute atomic E-state index is 0.597. The summed E-state index contributed by atoms with van der Waals surface area (Å²) < 4.78 is 6.37. The molecule has 0 radical (unpaired) electrons. The molecule has 0 amide bonds. The molecular weight excluding hydrogens is 506 g/mol. The monoisotopic (exact) mass is 527 g/mol. The summed E-state index contributed by atoms with van der Waals surface area (Å²) in [6.07, 6.45) is 1.81. The van der Waals surface area contributed by atoms with Crippen LogP contribution < -0.4 is 0 Å². The molecule has 0 saturated heterocycles. The standard InChI is InChI=1S/C35H21N5O/c1-3-10-23(11-4-1)33-38-34(24-12-5-2-6-13-24)40-35(39-33)25-16-18-30-27(21-25)26-19-20-36-31(32(26)41-30)29-17-15-22-9-7-8-14-28(22)37-29/h1-21H. The SMILES string of the molecule is c1ccc(-c2nc(-c3ccccc3)nc(-c3ccc4oc5c(-c6ccc7ccccc7n6)nccc5c4c3)n2)cc1. The number of rotatable bonds is 4. The van der Waals surface area contributed by atoms with Crippen molar-refractivity contribution in [1.29, 1.82) is 0 Å². The first-order chi connectivity index (χ1) is 20.3. The first kappa shape index (κ1) is 23.2. The van der Waals surface area contributed by atoms with Crippen molar-refractivity contribution >= 4 is 32.8 Å². The van der Waals surface area contributed by atoms with Crippen LogP contribution >= 0.6 is 0 Å². The van der Waals surface area contributed by atoms with Crippen LogP contribution in [0.15, 0.2) is 132 Å². The average Bonchev–Trinajstić information content (AvgIpc) is 3.43. The third-order valence-electron chi connectivity index (χ3n) is 7.18. The highest BCUT2D eigenvalue weighted by molar-refractivity contribution is 6.09. The maximum atomic E-state index is 6.37. The Labute approximate surface area is 235 Å². The van der Waals surface area contributed by atoms with Crippen molar-refractivity contribution in [2.24, 2.45) is 0 Å². The number of benzene rings is 4. The third-order valence-corrected chi connectivity index (χ3v) is 7.18. The van der Waals surface area contributed by atoms with Crippen LogP contribution in [0.4, 0.5) is 0 Å². The Bertz CT molecular complexity index is 2150. The number of aromatic nitrogens is 5. The fraction of sp³-hybridized carbons (Fsp3) is 0. The predicted octanol–water partition coefficient (Wildman–Crippen LogP) is 8.38. The lowest BCUT2D eigenvalue weighted by Crippen LogP contribution is -2.00. The minimum atomic E-state index is 0.597. The molecule has 0 unspecified atom stereocenters. The number of hydrogen-bond acceptors (Lipinski definition) is 6. The quantitative estimate of drug-likeness (QED) is 0.229. The zero-order valence-corrected chi connectivity index (χ0v) is 21.8. The Hall–Kier alpha value is -5.75. The zero-order valence-electron chi connectivity index (χ0n) is 21.8. The van der Waals surface area contributed by atoms with Gasteiger partial charge in [0.15, 0.2) is 23.1 Å². The topological polar surface area (TPSA) is 77.6 Å². The van der Waals surface area contributed by atoms with E-state index in [4.69, 9.17) is 24.4 Å². The molecule has 41 heavy (non-hydrogen) atoms. The number of nitrogens with zero attached hydrogens (tertiary/aromatic N) is 5. The summed E-state index contributed by atoms with van der Waals surface area (Å²) in [7, 11) is 0. The average molecular weight is 528 g/mol. The van der Waals surface area contributed by atoms with Gasteiger partial charge in [-0.15, -0.1) is 0 Å². The summed E-state index contributed by atoms with van der Waals surface area (Å²) in [5, 5.41) is 3.01. The van der Waals surface area contributed by atoms with Gasteiger partial charge in [-0.3, -0.25) is 4.98 Å². The molecule has 0 spiro atoms. The highest BCUT2D eigenvalue weighted by Gasteiger charge is 2.17. The molecule has 0 N–H and O–H groups in total. The van der Waals surface area contributed by atoms with Crippen molar-refractivity contribution in [2.75, 3.05) is 0 Å². The van der Waals surface area contributed by atoms with E-state index in [1.54, 1.807) is 6.20 Å². The maximum Gasteiger partial charge on any atom is 0.164 e. The fourth-order valence-electron chi connectivity index (χ4n) is 5.16. The van der Waals surface area contributed by atoms with Gasteiger partial charge in [0, 0.05) is 39.0 Å². The van der Waals surface area contributed by atoms with Gasteiger partial charge in [0.1, 0.15) is 11.3 Å². The molecule has 0 aliphatic heterocycles. The van der Waals surface area contributed by atoms with E-state index in [1.807, 2.05) is 103 Å². The molecule has 0 atom stereocenters. The van der Waals surface area contributed by atoms with E-state index in [9.17, 15) is 0 Å². The van der Waals surface area contributed by atoms with E-state index in [1.165, 1.54) is 0 Å². The van der Waals surface area contributed by atoms with E-state index in [2.05, 4.69) is 23.2 Å². The van der Waals surface area contributed by atoms with Crippen molar-refractivity contribution in [1.82, 2.24) is 24.9 Å². The fourth-order valence-corrected chi connectivity index (χ4v) is 5.16. The van der Waals surface area contributed by atoms with Crippen LogP contribution in [0.3, 0.4) is 0 Å². The summed E-state index contributed by atoms with van der Waals surface area (Å²) in [5.74, 6) is 1.85. The van der Waals surface area contributed by atoms with Crippen LogP contribution in [-0.2, 0) is 0 Å². The Kier molecular flexibility index (Phi) is 5.35. The van der Waals surface area contributed by atoms with E-state index in [-0.39, 0.29) is 0 Å². The van der Waals surface area contributed by atoms with E-state index >= 15 is 0 Å². The molecule has 0 aliphatic rings. The third kappa shape index (κ3) is 4.10. The van der Waals surface area contributed by atoms with Crippen molar-refractivity contribution in [3.05, 3.63) is 128 Å². The minimum Gasteiger partial charge on any atom is -0.454 e. The number of fused-ring (bicyclic) bond motifs is 4. The zero-order chi connectivity index (χ0) is 27.2. The lowest BCUT2D eigenvalue weighted by Gasteiger charge is -2.08. The van der Waals surface area contributed by atoms with Crippen molar-refractivity contribution in [3.8, 4) is 45.6 Å².